The van der Waals surface area contributed by atoms with Crippen LogP contribution in [0.3, 0.4) is 0 Å². The monoisotopic (exact) mass is 1170 g/mol. The summed E-state index contributed by atoms with van der Waals surface area (Å²) in [6, 6.07) is 70.4. The Balaban J connectivity index is 0.000000376. The van der Waals surface area contributed by atoms with Crippen LogP contribution in [0.5, 0.6) is 0 Å². The minimum Gasteiger partial charge on any atom is -0.366 e. The Morgan fingerprint density at radius 1 is 0.380 bits per heavy atom. The van der Waals surface area contributed by atoms with Crippen molar-refractivity contribution in [2.45, 2.75) is 41.5 Å². The molecule has 0 spiro atoms. The number of thiophene rings is 1. The molecule has 0 unspecified atom stereocenters. The molecule has 7 aromatic carbocycles. The minimum atomic E-state index is 0. The van der Waals surface area contributed by atoms with Crippen LogP contribution in [0.4, 0.5) is 51.2 Å². The largest absolute Gasteiger partial charge is 2.00 e. The number of aldehydes is 1. The van der Waals surface area contributed by atoms with Crippen LogP contribution in [-0.2, 0) is 21.1 Å². The van der Waals surface area contributed by atoms with Gasteiger partial charge in [0.05, 0.1) is 0 Å². The fraction of sp³-hybridized carbons (Fsp3) is 0.190. The number of para-hydroxylation sites is 4. The Kier molecular flexibility index (Phi) is 26.0. The minimum absolute atomic E-state index is 0. The first-order chi connectivity index (χ1) is 34.3. The average molecular weight is 1170 g/mol. The molecule has 0 fully saturated rings. The predicted octanol–water partition coefficient (Wildman–Crippen LogP) is 18.6. The van der Waals surface area contributed by atoms with E-state index in [0.29, 0.717) is 25.6 Å². The second-order valence-corrected chi connectivity index (χ2v) is 23.3. The maximum Gasteiger partial charge on any atom is 2.00 e. The van der Waals surface area contributed by atoms with Crippen LogP contribution >= 0.6 is 27.2 Å². The maximum absolute atomic E-state index is 10.1. The Morgan fingerprint density at radius 2 is 0.634 bits per heavy atom. The predicted molar refractivity (Wildman–Crippen MR) is 310 cm³/mol. The molecule has 0 aliphatic rings. The summed E-state index contributed by atoms with van der Waals surface area (Å²) in [4.78, 5) is 18.2. The van der Waals surface area contributed by atoms with Crippen molar-refractivity contribution in [3.8, 4) is 11.8 Å². The van der Waals surface area contributed by atoms with Crippen molar-refractivity contribution in [2.24, 2.45) is 0 Å². The first-order valence-electron chi connectivity index (χ1n) is 24.1. The molecule has 0 bridgehead atoms. The molecule has 0 saturated carbocycles. The SMILES string of the molecule is CCP(CC)CC.CCP(CC)CC.[C-]#Cc1ccc(C=O)s1.[C-]#Cc1ccc(N(c2ccc(N(c3ccccc3)c3ccccc3)cc2)c2ccc(N(c3ccccc3)c3ccccc3)cc2)cc1.[Pt+2]. The number of rotatable bonds is 16. The van der Waals surface area contributed by atoms with E-state index < -0.39 is 0 Å². The molecule has 0 atom stereocenters. The average Bonchev–Trinajstić information content (AvgIpc) is 3.92. The van der Waals surface area contributed by atoms with Gasteiger partial charge >= 0.3 is 21.1 Å². The van der Waals surface area contributed by atoms with Gasteiger partial charge < -0.3 is 27.5 Å². The third-order valence-electron chi connectivity index (χ3n) is 11.6. The number of hydrogen-bond donors (Lipinski definition) is 0. The van der Waals surface area contributed by atoms with Gasteiger partial charge in [-0.05, 0) is 134 Å². The number of carbonyl (C=O) groups is 1. The quantitative estimate of drug-likeness (QED) is 0.0417. The van der Waals surface area contributed by atoms with Crippen LogP contribution in [0, 0.1) is 24.7 Å². The van der Waals surface area contributed by atoms with E-state index in [1.807, 2.05) is 48.5 Å². The summed E-state index contributed by atoms with van der Waals surface area (Å²) in [5.74, 6) is 4.69. The van der Waals surface area contributed by atoms with Crippen LogP contribution in [0.1, 0.15) is 61.7 Å². The zero-order valence-electron chi connectivity index (χ0n) is 41.8. The van der Waals surface area contributed by atoms with Crippen LogP contribution in [-0.4, -0.2) is 43.3 Å². The van der Waals surface area contributed by atoms with Gasteiger partial charge in [-0.2, -0.15) is 0 Å². The summed E-state index contributed by atoms with van der Waals surface area (Å²) in [5.41, 5.74) is 10.3. The molecular formula is C63H65N3OP2PtS. The Bertz CT molecular complexity index is 2540. The van der Waals surface area contributed by atoms with Crippen molar-refractivity contribution >= 4 is 84.7 Å². The first-order valence-corrected chi connectivity index (χ1v) is 28.7. The number of nitrogens with zero attached hydrogens (tertiary/aromatic N) is 3. The smallest absolute Gasteiger partial charge is 0.366 e. The van der Waals surface area contributed by atoms with Gasteiger partial charge in [-0.25, -0.2) is 11.3 Å². The summed E-state index contributed by atoms with van der Waals surface area (Å²) < 4.78 is 0. The van der Waals surface area contributed by atoms with Gasteiger partial charge in [0.1, 0.15) is 0 Å². The molecule has 0 amide bonds. The fourth-order valence-corrected chi connectivity index (χ4v) is 11.0. The Labute approximate surface area is 447 Å². The number of anilines is 9. The molecule has 0 aliphatic heterocycles. The van der Waals surface area contributed by atoms with Gasteiger partial charge in [-0.1, -0.05) is 137 Å². The van der Waals surface area contributed by atoms with E-state index in [4.69, 9.17) is 12.8 Å². The van der Waals surface area contributed by atoms with Crippen molar-refractivity contribution in [1.82, 2.24) is 0 Å². The zero-order chi connectivity index (χ0) is 49.9. The van der Waals surface area contributed by atoms with E-state index in [9.17, 15) is 4.79 Å². The van der Waals surface area contributed by atoms with E-state index >= 15 is 0 Å². The van der Waals surface area contributed by atoms with Crippen LogP contribution in [0.2, 0.25) is 0 Å². The van der Waals surface area contributed by atoms with Crippen molar-refractivity contribution in [3.05, 3.63) is 234 Å². The molecule has 364 valence electrons. The molecule has 1 heterocycles. The van der Waals surface area contributed by atoms with Crippen molar-refractivity contribution in [2.75, 3.05) is 51.7 Å². The van der Waals surface area contributed by atoms with Crippen molar-refractivity contribution < 1.29 is 25.9 Å². The van der Waals surface area contributed by atoms with Gasteiger partial charge in [-0.3, -0.25) is 16.6 Å². The topological polar surface area (TPSA) is 26.8 Å². The van der Waals surface area contributed by atoms with Gasteiger partial charge in [0.25, 0.3) is 0 Å². The van der Waals surface area contributed by atoms with Gasteiger partial charge in [-0.15, -0.1) is 39.6 Å². The normalized spacial score (nSPS) is 10.1. The van der Waals surface area contributed by atoms with E-state index in [1.165, 1.54) is 48.3 Å². The fourth-order valence-electron chi connectivity index (χ4n) is 7.67. The molecule has 4 nitrogen and oxygen atoms in total. The Morgan fingerprint density at radius 3 is 0.817 bits per heavy atom. The third kappa shape index (κ3) is 17.4. The molecule has 0 aliphatic carbocycles. The second kappa shape index (κ2) is 32.1. The summed E-state index contributed by atoms with van der Waals surface area (Å²) in [6.45, 7) is 13.7. The zero-order valence-corrected chi connectivity index (χ0v) is 46.7. The Hall–Kier alpha value is -6.02. The molecule has 0 radical (unpaired) electrons. The molecular weight excluding hydrogens is 1100 g/mol. The van der Waals surface area contributed by atoms with E-state index in [0.717, 1.165) is 63.0 Å². The van der Waals surface area contributed by atoms with Crippen LogP contribution < -0.4 is 14.7 Å². The second-order valence-electron chi connectivity index (χ2n) is 15.7. The summed E-state index contributed by atoms with van der Waals surface area (Å²) >= 11 is 1.27. The number of hydrogen-bond acceptors (Lipinski definition) is 5. The van der Waals surface area contributed by atoms with Crippen molar-refractivity contribution in [3.63, 3.8) is 0 Å². The third-order valence-corrected chi connectivity index (χ3v) is 17.9. The van der Waals surface area contributed by atoms with E-state index in [-0.39, 0.29) is 21.1 Å². The summed E-state index contributed by atoms with van der Waals surface area (Å²) in [6.07, 6.45) is 23.5. The molecule has 0 N–H and O–H groups in total. The molecule has 8 aromatic rings. The first kappa shape index (κ1) is 57.6. The van der Waals surface area contributed by atoms with Crippen LogP contribution in [0.15, 0.2) is 206 Å². The van der Waals surface area contributed by atoms with Gasteiger partial charge in [0.2, 0.25) is 0 Å². The number of benzene rings is 7. The van der Waals surface area contributed by atoms with E-state index in [1.54, 1.807) is 12.1 Å². The molecule has 8 heteroatoms. The maximum atomic E-state index is 10.1. The number of carbonyl (C=O) groups excluding carboxylic acids is 1. The van der Waals surface area contributed by atoms with Crippen LogP contribution in [0.25, 0.3) is 0 Å². The molecule has 71 heavy (non-hydrogen) atoms. The molecule has 0 saturated heterocycles. The summed E-state index contributed by atoms with van der Waals surface area (Å²) in [5, 5.41) is 0. The van der Waals surface area contributed by atoms with Crippen molar-refractivity contribution in [1.29, 1.82) is 0 Å². The van der Waals surface area contributed by atoms with E-state index in [2.05, 4.69) is 214 Å². The van der Waals surface area contributed by atoms with Gasteiger partial charge in [0, 0.05) is 56.1 Å². The molecule has 1 aromatic heterocycles. The summed E-state index contributed by atoms with van der Waals surface area (Å²) in [7, 11) is 0.892. The van der Waals surface area contributed by atoms with Gasteiger partial charge in [0.15, 0.2) is 6.29 Å². The standard InChI is InChI=1S/C44H32N3.C7H3OS.2C6H15P.Pt/c1-2-35-23-25-40(26-24-35)47(43-31-27-41(28-32-43)45(36-15-7-3-8-16-36)37-17-9-4-10-18-37)44-33-29-42(30-34-44)46(38-19-11-5-12-20-38)39-21-13-6-14-22-39;1-2-6-3-4-7(5-8)9-6;2*1-4-7(5-2)6-3;/h3-34H;3-5H;2*4-6H2,1-3H3;/q2*-1;;;+2. The molecule has 8 rings (SSSR count).